The van der Waals surface area contributed by atoms with E-state index in [-0.39, 0.29) is 17.9 Å². The largest absolute Gasteiger partial charge is 0.459 e. The van der Waals surface area contributed by atoms with Crippen molar-refractivity contribution in [1.29, 1.82) is 0 Å². The lowest BCUT2D eigenvalue weighted by molar-refractivity contribution is -0.128. The van der Waals surface area contributed by atoms with E-state index in [9.17, 15) is 4.79 Å². The first kappa shape index (κ1) is 19.7. The predicted octanol–water partition coefficient (Wildman–Crippen LogP) is 4.07. The Balaban J connectivity index is 1.36. The Bertz CT molecular complexity index is 828. The Hall–Kier alpha value is -1.56. The molecule has 1 N–H and O–H groups in total. The summed E-state index contributed by atoms with van der Waals surface area (Å²) in [6.07, 6.45) is 4.49. The SMILES string of the molecule is C[C@@H](NC(=O)[C@@H]1CCCN(C2CCN(C)CC2)C1)c1cc2cc(Cl)ccc2o1. The Labute approximate surface area is 172 Å². The minimum atomic E-state index is -0.155. The van der Waals surface area contributed by atoms with Gasteiger partial charge in [-0.25, -0.2) is 0 Å². The number of piperidine rings is 2. The predicted molar refractivity (Wildman–Crippen MR) is 113 cm³/mol. The van der Waals surface area contributed by atoms with E-state index in [2.05, 4.69) is 22.2 Å². The Kier molecular flexibility index (Phi) is 5.95. The lowest BCUT2D eigenvalue weighted by Gasteiger charge is -2.41. The van der Waals surface area contributed by atoms with Crippen LogP contribution in [0.25, 0.3) is 11.0 Å². The van der Waals surface area contributed by atoms with Gasteiger partial charge in [0.1, 0.15) is 11.3 Å². The molecular weight excluding hydrogens is 374 g/mol. The molecule has 3 heterocycles. The molecule has 2 atom stereocenters. The van der Waals surface area contributed by atoms with E-state index in [0.717, 1.165) is 55.8 Å². The minimum absolute atomic E-state index is 0.0645. The maximum Gasteiger partial charge on any atom is 0.224 e. The molecule has 0 bridgehead atoms. The van der Waals surface area contributed by atoms with Gasteiger partial charge in [-0.15, -0.1) is 0 Å². The molecule has 1 amide bonds. The zero-order valence-electron chi connectivity index (χ0n) is 16.8. The smallest absolute Gasteiger partial charge is 0.224 e. The summed E-state index contributed by atoms with van der Waals surface area (Å²) in [6, 6.07) is 8.02. The second-order valence-electron chi connectivity index (χ2n) is 8.43. The summed E-state index contributed by atoms with van der Waals surface area (Å²) < 4.78 is 5.91. The second kappa shape index (κ2) is 8.44. The summed E-state index contributed by atoms with van der Waals surface area (Å²) in [6.45, 7) is 6.30. The van der Waals surface area contributed by atoms with Crippen molar-refractivity contribution < 1.29 is 9.21 Å². The fourth-order valence-corrected chi connectivity index (χ4v) is 4.74. The van der Waals surface area contributed by atoms with Crippen LogP contribution in [0.3, 0.4) is 0 Å². The number of furan rings is 1. The Morgan fingerprint density at radius 1 is 1.21 bits per heavy atom. The first-order chi connectivity index (χ1) is 13.5. The molecule has 0 aliphatic carbocycles. The standard InChI is InChI=1S/C22H30ClN3O2/c1-15(21-13-17-12-18(23)5-6-20(17)28-21)24-22(27)16-4-3-9-26(14-16)19-7-10-25(2)11-8-19/h5-6,12-13,15-16,19H,3-4,7-11,14H2,1-2H3,(H,24,27)/t15-,16-/m1/s1. The van der Waals surface area contributed by atoms with Crippen molar-refractivity contribution in [3.05, 3.63) is 35.0 Å². The summed E-state index contributed by atoms with van der Waals surface area (Å²) in [5.41, 5.74) is 0.798. The highest BCUT2D eigenvalue weighted by Gasteiger charge is 2.31. The van der Waals surface area contributed by atoms with Crippen LogP contribution >= 0.6 is 11.6 Å². The van der Waals surface area contributed by atoms with Crippen LogP contribution in [0, 0.1) is 5.92 Å². The number of carbonyl (C=O) groups is 1. The van der Waals surface area contributed by atoms with Gasteiger partial charge in [0.15, 0.2) is 0 Å². The lowest BCUT2D eigenvalue weighted by Crippen LogP contribution is -2.50. The average Bonchev–Trinajstić information content (AvgIpc) is 3.12. The second-order valence-corrected chi connectivity index (χ2v) is 8.87. The molecule has 1 aromatic carbocycles. The van der Waals surface area contributed by atoms with Gasteiger partial charge in [-0.1, -0.05) is 11.6 Å². The van der Waals surface area contributed by atoms with Crippen LogP contribution in [-0.2, 0) is 4.79 Å². The van der Waals surface area contributed by atoms with E-state index < -0.39 is 0 Å². The summed E-state index contributed by atoms with van der Waals surface area (Å²) in [5.74, 6) is 0.979. The molecule has 1 aromatic heterocycles. The van der Waals surface area contributed by atoms with Crippen molar-refractivity contribution in [3.8, 4) is 0 Å². The molecule has 0 radical (unpaired) electrons. The fraction of sp³-hybridized carbons (Fsp3) is 0.591. The van der Waals surface area contributed by atoms with Crippen molar-refractivity contribution in [2.75, 3.05) is 33.2 Å². The highest BCUT2D eigenvalue weighted by atomic mass is 35.5. The van der Waals surface area contributed by atoms with Crippen molar-refractivity contribution in [3.63, 3.8) is 0 Å². The van der Waals surface area contributed by atoms with E-state index in [1.165, 1.54) is 12.8 Å². The third-order valence-electron chi connectivity index (χ3n) is 6.31. The molecule has 152 valence electrons. The topological polar surface area (TPSA) is 48.7 Å². The quantitative estimate of drug-likeness (QED) is 0.835. The molecule has 2 aliphatic heterocycles. The third kappa shape index (κ3) is 4.37. The number of likely N-dealkylation sites (tertiary alicyclic amines) is 2. The Morgan fingerprint density at radius 2 is 2.00 bits per heavy atom. The van der Waals surface area contributed by atoms with Crippen LogP contribution in [0.2, 0.25) is 5.02 Å². The van der Waals surface area contributed by atoms with Gasteiger partial charge in [-0.2, -0.15) is 0 Å². The third-order valence-corrected chi connectivity index (χ3v) is 6.55. The number of hydrogen-bond acceptors (Lipinski definition) is 4. The van der Waals surface area contributed by atoms with E-state index in [1.54, 1.807) is 0 Å². The average molecular weight is 404 g/mol. The monoisotopic (exact) mass is 403 g/mol. The first-order valence-corrected chi connectivity index (χ1v) is 10.8. The highest BCUT2D eigenvalue weighted by Crippen LogP contribution is 2.28. The number of fused-ring (bicyclic) bond motifs is 1. The minimum Gasteiger partial charge on any atom is -0.459 e. The number of nitrogens with zero attached hydrogens (tertiary/aromatic N) is 2. The van der Waals surface area contributed by atoms with Crippen LogP contribution in [0.1, 0.15) is 44.4 Å². The molecule has 0 saturated carbocycles. The van der Waals surface area contributed by atoms with Gasteiger partial charge >= 0.3 is 0 Å². The molecule has 6 heteroatoms. The van der Waals surface area contributed by atoms with Crippen LogP contribution in [0.15, 0.2) is 28.7 Å². The van der Waals surface area contributed by atoms with Gasteiger partial charge < -0.3 is 14.6 Å². The number of nitrogens with one attached hydrogen (secondary N) is 1. The van der Waals surface area contributed by atoms with Crippen molar-refractivity contribution in [2.24, 2.45) is 5.92 Å². The van der Waals surface area contributed by atoms with Crippen LogP contribution < -0.4 is 5.32 Å². The maximum absolute atomic E-state index is 12.9. The van der Waals surface area contributed by atoms with E-state index in [0.29, 0.717) is 11.1 Å². The van der Waals surface area contributed by atoms with Gasteiger partial charge in [-0.3, -0.25) is 9.69 Å². The molecule has 2 aromatic rings. The molecule has 0 spiro atoms. The van der Waals surface area contributed by atoms with Crippen LogP contribution in [-0.4, -0.2) is 55.0 Å². The zero-order valence-corrected chi connectivity index (χ0v) is 17.5. The van der Waals surface area contributed by atoms with E-state index in [1.807, 2.05) is 31.2 Å². The molecule has 2 fully saturated rings. The summed E-state index contributed by atoms with van der Waals surface area (Å²) in [4.78, 5) is 17.9. The molecular formula is C22H30ClN3O2. The van der Waals surface area contributed by atoms with E-state index >= 15 is 0 Å². The molecule has 0 unspecified atom stereocenters. The fourth-order valence-electron chi connectivity index (χ4n) is 4.56. The highest BCUT2D eigenvalue weighted by molar-refractivity contribution is 6.31. The Morgan fingerprint density at radius 3 is 2.79 bits per heavy atom. The first-order valence-electron chi connectivity index (χ1n) is 10.4. The number of amides is 1. The molecule has 4 rings (SSSR count). The number of hydrogen-bond donors (Lipinski definition) is 1. The van der Waals surface area contributed by atoms with Crippen LogP contribution in [0.5, 0.6) is 0 Å². The number of rotatable bonds is 4. The van der Waals surface area contributed by atoms with Gasteiger partial charge in [0.2, 0.25) is 5.91 Å². The molecule has 28 heavy (non-hydrogen) atoms. The van der Waals surface area contributed by atoms with Gasteiger partial charge in [0.05, 0.1) is 12.0 Å². The molecule has 2 saturated heterocycles. The number of benzene rings is 1. The molecule has 2 aliphatic rings. The number of carbonyl (C=O) groups excluding carboxylic acids is 1. The summed E-state index contributed by atoms with van der Waals surface area (Å²) in [5, 5.41) is 4.83. The van der Waals surface area contributed by atoms with Crippen LogP contribution in [0.4, 0.5) is 0 Å². The summed E-state index contributed by atoms with van der Waals surface area (Å²) >= 11 is 6.06. The maximum atomic E-state index is 12.9. The van der Waals surface area contributed by atoms with Crippen molar-refractivity contribution in [1.82, 2.24) is 15.1 Å². The van der Waals surface area contributed by atoms with Gasteiger partial charge in [0, 0.05) is 23.0 Å². The van der Waals surface area contributed by atoms with Crippen molar-refractivity contribution >= 4 is 28.5 Å². The normalized spacial score (nSPS) is 23.8. The molecule has 5 nitrogen and oxygen atoms in total. The number of halogens is 1. The van der Waals surface area contributed by atoms with Crippen molar-refractivity contribution in [2.45, 2.75) is 44.7 Å². The van der Waals surface area contributed by atoms with Gasteiger partial charge in [0.25, 0.3) is 0 Å². The zero-order chi connectivity index (χ0) is 19.7. The lowest BCUT2D eigenvalue weighted by atomic mass is 9.93. The van der Waals surface area contributed by atoms with E-state index in [4.69, 9.17) is 16.0 Å². The van der Waals surface area contributed by atoms with Gasteiger partial charge in [-0.05, 0) is 83.6 Å². The summed E-state index contributed by atoms with van der Waals surface area (Å²) in [7, 11) is 2.19.